The number of aliphatic carboxylic acids is 1. The standard InChI is InChI=1S/C14H18O7/c1-4-20-8-21-10-6-5-9(7-11(15)16)12(13(10)18-2)14(17)19-3/h5-6H,4,7-8H2,1-3H3,(H,15,16). The Hall–Kier alpha value is -2.28. The predicted molar refractivity (Wildman–Crippen MR) is 72.8 cm³/mol. The summed E-state index contributed by atoms with van der Waals surface area (Å²) in [4.78, 5) is 22.8. The van der Waals surface area contributed by atoms with E-state index in [2.05, 4.69) is 4.74 Å². The molecule has 0 bridgehead atoms. The van der Waals surface area contributed by atoms with Crippen LogP contribution in [0.5, 0.6) is 11.5 Å². The molecular weight excluding hydrogens is 280 g/mol. The summed E-state index contributed by atoms with van der Waals surface area (Å²) in [5.41, 5.74) is 0.325. The van der Waals surface area contributed by atoms with Crippen molar-refractivity contribution in [1.82, 2.24) is 0 Å². The van der Waals surface area contributed by atoms with Gasteiger partial charge in [0.1, 0.15) is 5.56 Å². The molecule has 7 heteroatoms. The second-order valence-electron chi connectivity index (χ2n) is 3.95. The van der Waals surface area contributed by atoms with Gasteiger partial charge in [-0.3, -0.25) is 4.79 Å². The molecule has 0 aliphatic heterocycles. The number of hydrogen-bond donors (Lipinski definition) is 1. The largest absolute Gasteiger partial charge is 0.492 e. The van der Waals surface area contributed by atoms with E-state index in [1.807, 2.05) is 6.92 Å². The van der Waals surface area contributed by atoms with Crippen molar-refractivity contribution in [2.75, 3.05) is 27.6 Å². The summed E-state index contributed by atoms with van der Waals surface area (Å²) in [5, 5.41) is 8.91. The Morgan fingerprint density at radius 1 is 1.24 bits per heavy atom. The molecule has 0 atom stereocenters. The molecule has 0 fully saturated rings. The first-order chi connectivity index (χ1) is 10.0. The third-order valence-corrected chi connectivity index (χ3v) is 2.65. The van der Waals surface area contributed by atoms with Crippen molar-refractivity contribution in [3.05, 3.63) is 23.3 Å². The van der Waals surface area contributed by atoms with Crippen LogP contribution in [-0.2, 0) is 20.7 Å². The number of esters is 1. The highest BCUT2D eigenvalue weighted by Gasteiger charge is 2.23. The van der Waals surface area contributed by atoms with E-state index in [1.54, 1.807) is 0 Å². The van der Waals surface area contributed by atoms with Gasteiger partial charge in [-0.25, -0.2) is 4.79 Å². The minimum Gasteiger partial charge on any atom is -0.492 e. The Bertz CT molecular complexity index is 510. The van der Waals surface area contributed by atoms with Crippen LogP contribution in [0.2, 0.25) is 0 Å². The Morgan fingerprint density at radius 2 is 1.95 bits per heavy atom. The lowest BCUT2D eigenvalue weighted by Gasteiger charge is -2.16. The number of carboxylic acid groups (broad SMARTS) is 1. The van der Waals surface area contributed by atoms with E-state index in [1.165, 1.54) is 26.4 Å². The second kappa shape index (κ2) is 8.11. The lowest BCUT2D eigenvalue weighted by atomic mass is 10.0. The molecular formula is C14H18O7. The average Bonchev–Trinajstić information content (AvgIpc) is 2.46. The number of benzene rings is 1. The molecule has 0 amide bonds. The summed E-state index contributed by atoms with van der Waals surface area (Å²) in [6, 6.07) is 3.02. The maximum Gasteiger partial charge on any atom is 0.342 e. The molecule has 0 radical (unpaired) electrons. The van der Waals surface area contributed by atoms with Crippen molar-refractivity contribution >= 4 is 11.9 Å². The van der Waals surface area contributed by atoms with Gasteiger partial charge in [0.25, 0.3) is 0 Å². The third-order valence-electron chi connectivity index (χ3n) is 2.65. The maximum absolute atomic E-state index is 11.9. The first-order valence-corrected chi connectivity index (χ1v) is 6.25. The highest BCUT2D eigenvalue weighted by Crippen LogP contribution is 2.34. The molecule has 1 N–H and O–H groups in total. The zero-order valence-electron chi connectivity index (χ0n) is 12.2. The van der Waals surface area contributed by atoms with Crippen LogP contribution in [0.1, 0.15) is 22.8 Å². The van der Waals surface area contributed by atoms with E-state index in [0.29, 0.717) is 6.61 Å². The van der Waals surface area contributed by atoms with Crippen molar-refractivity contribution in [1.29, 1.82) is 0 Å². The lowest BCUT2D eigenvalue weighted by Crippen LogP contribution is -2.13. The molecule has 0 spiro atoms. The summed E-state index contributed by atoms with van der Waals surface area (Å²) in [6.07, 6.45) is -0.327. The van der Waals surface area contributed by atoms with Gasteiger partial charge >= 0.3 is 11.9 Å². The average molecular weight is 298 g/mol. The number of carbonyl (C=O) groups is 2. The highest BCUT2D eigenvalue weighted by atomic mass is 16.7. The van der Waals surface area contributed by atoms with Crippen molar-refractivity contribution in [3.63, 3.8) is 0 Å². The molecule has 0 aliphatic rings. The van der Waals surface area contributed by atoms with Crippen LogP contribution >= 0.6 is 0 Å². The number of methoxy groups -OCH3 is 2. The quantitative estimate of drug-likeness (QED) is 0.441. The van der Waals surface area contributed by atoms with Gasteiger partial charge in [-0.2, -0.15) is 0 Å². The molecule has 7 nitrogen and oxygen atoms in total. The van der Waals surface area contributed by atoms with Gasteiger partial charge in [0.2, 0.25) is 0 Å². The van der Waals surface area contributed by atoms with E-state index < -0.39 is 11.9 Å². The van der Waals surface area contributed by atoms with E-state index >= 15 is 0 Å². The third kappa shape index (κ3) is 4.35. The fraction of sp³-hybridized carbons (Fsp3) is 0.429. The van der Waals surface area contributed by atoms with Crippen molar-refractivity contribution in [2.24, 2.45) is 0 Å². The summed E-state index contributed by atoms with van der Waals surface area (Å²) in [7, 11) is 2.57. The van der Waals surface area contributed by atoms with Gasteiger partial charge in [0.15, 0.2) is 18.3 Å². The minimum atomic E-state index is -1.06. The Balaban J connectivity index is 3.24. The van der Waals surface area contributed by atoms with E-state index in [9.17, 15) is 9.59 Å². The molecule has 0 saturated carbocycles. The summed E-state index contributed by atoms with van der Waals surface area (Å²) in [6.45, 7) is 2.28. The monoisotopic (exact) mass is 298 g/mol. The van der Waals surface area contributed by atoms with Crippen molar-refractivity contribution in [3.8, 4) is 11.5 Å². The molecule has 0 saturated heterocycles. The van der Waals surface area contributed by atoms with Crippen LogP contribution in [0.25, 0.3) is 0 Å². The Morgan fingerprint density at radius 3 is 2.48 bits per heavy atom. The van der Waals surface area contributed by atoms with E-state index in [0.717, 1.165) is 0 Å². The minimum absolute atomic E-state index is 0.00818. The number of ether oxygens (including phenoxy) is 4. The molecule has 0 aliphatic carbocycles. The second-order valence-corrected chi connectivity index (χ2v) is 3.95. The normalized spacial score (nSPS) is 10.0. The van der Waals surface area contributed by atoms with Crippen LogP contribution in [0, 0.1) is 0 Å². The molecule has 1 aromatic carbocycles. The number of rotatable bonds is 8. The summed E-state index contributed by atoms with van der Waals surface area (Å²) >= 11 is 0. The van der Waals surface area contributed by atoms with Crippen LogP contribution in [-0.4, -0.2) is 44.7 Å². The molecule has 0 aromatic heterocycles. The van der Waals surface area contributed by atoms with Gasteiger partial charge in [-0.15, -0.1) is 0 Å². The van der Waals surface area contributed by atoms with Gasteiger partial charge in [0.05, 0.1) is 20.6 Å². The number of carbonyl (C=O) groups excluding carboxylic acids is 1. The summed E-state index contributed by atoms with van der Waals surface area (Å²) in [5.74, 6) is -1.35. The van der Waals surface area contributed by atoms with Gasteiger partial charge < -0.3 is 24.1 Å². The fourth-order valence-corrected chi connectivity index (χ4v) is 1.75. The first kappa shape index (κ1) is 16.8. The number of hydrogen-bond acceptors (Lipinski definition) is 6. The SMILES string of the molecule is CCOCOc1ccc(CC(=O)O)c(C(=O)OC)c1OC. The van der Waals surface area contributed by atoms with Crippen molar-refractivity contribution in [2.45, 2.75) is 13.3 Å². The smallest absolute Gasteiger partial charge is 0.342 e. The summed E-state index contributed by atoms with van der Waals surface area (Å²) < 4.78 is 20.3. The van der Waals surface area contributed by atoms with Crippen LogP contribution in [0.3, 0.4) is 0 Å². The molecule has 1 aromatic rings. The van der Waals surface area contributed by atoms with Gasteiger partial charge in [0, 0.05) is 6.61 Å². The van der Waals surface area contributed by atoms with Crippen molar-refractivity contribution < 1.29 is 33.6 Å². The fourth-order valence-electron chi connectivity index (χ4n) is 1.75. The van der Waals surface area contributed by atoms with E-state index in [-0.39, 0.29) is 35.8 Å². The first-order valence-electron chi connectivity index (χ1n) is 6.25. The predicted octanol–water partition coefficient (Wildman–Crippen LogP) is 1.48. The molecule has 0 unspecified atom stereocenters. The van der Waals surface area contributed by atoms with Crippen LogP contribution < -0.4 is 9.47 Å². The molecule has 21 heavy (non-hydrogen) atoms. The molecule has 116 valence electrons. The highest BCUT2D eigenvalue weighted by molar-refractivity contribution is 5.96. The maximum atomic E-state index is 11.9. The van der Waals surface area contributed by atoms with Gasteiger partial charge in [-0.05, 0) is 18.6 Å². The Labute approximate surface area is 122 Å². The zero-order valence-corrected chi connectivity index (χ0v) is 12.2. The molecule has 0 heterocycles. The Kier molecular flexibility index (Phi) is 6.48. The number of carboxylic acids is 1. The van der Waals surface area contributed by atoms with Crippen LogP contribution in [0.4, 0.5) is 0 Å². The lowest BCUT2D eigenvalue weighted by molar-refractivity contribution is -0.136. The van der Waals surface area contributed by atoms with E-state index in [4.69, 9.17) is 19.3 Å². The van der Waals surface area contributed by atoms with Crippen LogP contribution in [0.15, 0.2) is 12.1 Å². The molecule has 1 rings (SSSR count). The van der Waals surface area contributed by atoms with Gasteiger partial charge in [-0.1, -0.05) is 6.07 Å². The zero-order chi connectivity index (χ0) is 15.8. The topological polar surface area (TPSA) is 91.3 Å².